The Morgan fingerprint density at radius 1 is 1.33 bits per heavy atom. The predicted octanol–water partition coefficient (Wildman–Crippen LogP) is 1.16. The van der Waals surface area contributed by atoms with Gasteiger partial charge in [-0.25, -0.2) is 4.39 Å². The number of hydrogen-bond acceptors (Lipinski definition) is 4. The highest BCUT2D eigenvalue weighted by Gasteiger charge is 2.22. The predicted molar refractivity (Wildman–Crippen MR) is 90.2 cm³/mol. The lowest BCUT2D eigenvalue weighted by atomic mass is 9.99. The number of carbonyl (C=O) groups excluding carboxylic acids is 1. The Hall–Kier alpha value is -1.50. The summed E-state index contributed by atoms with van der Waals surface area (Å²) in [6.07, 6.45) is 0.366. The monoisotopic (exact) mass is 338 g/mol. The fourth-order valence-corrected chi connectivity index (χ4v) is 2.93. The molecular formula is C18H27FN2O3. The fraction of sp³-hybridized carbons (Fsp3) is 0.611. The maximum absolute atomic E-state index is 13.8. The van der Waals surface area contributed by atoms with E-state index in [1.54, 1.807) is 23.1 Å². The standard InChI is InChI=1S/C18H27FN2O3/c1-15(14-16-4-2-3-5-17(16)19)18(23)21(8-11-22)7-6-20-9-12-24-13-10-20/h2-5,15,22H,6-14H2,1H3/t15-/m1/s1. The summed E-state index contributed by atoms with van der Waals surface area (Å²) in [4.78, 5) is 16.6. The van der Waals surface area contributed by atoms with Crippen LogP contribution in [0.5, 0.6) is 0 Å². The number of rotatable bonds is 8. The van der Waals surface area contributed by atoms with Gasteiger partial charge in [-0.2, -0.15) is 0 Å². The molecule has 2 rings (SSSR count). The summed E-state index contributed by atoms with van der Waals surface area (Å²) in [7, 11) is 0. The highest BCUT2D eigenvalue weighted by atomic mass is 19.1. The number of amides is 1. The molecule has 1 saturated heterocycles. The number of nitrogens with zero attached hydrogens (tertiary/aromatic N) is 2. The zero-order chi connectivity index (χ0) is 17.4. The largest absolute Gasteiger partial charge is 0.395 e. The van der Waals surface area contributed by atoms with Gasteiger partial charge < -0.3 is 14.7 Å². The van der Waals surface area contributed by atoms with Gasteiger partial charge in [0.15, 0.2) is 0 Å². The van der Waals surface area contributed by atoms with Crippen molar-refractivity contribution in [2.45, 2.75) is 13.3 Å². The number of carbonyl (C=O) groups is 1. The Morgan fingerprint density at radius 3 is 2.71 bits per heavy atom. The molecule has 0 aromatic heterocycles. The van der Waals surface area contributed by atoms with E-state index in [2.05, 4.69) is 4.90 Å². The molecule has 1 aliphatic rings. The number of morpholine rings is 1. The Kier molecular flexibility index (Phi) is 7.62. The molecule has 0 spiro atoms. The quantitative estimate of drug-likeness (QED) is 0.773. The van der Waals surface area contributed by atoms with E-state index >= 15 is 0 Å². The van der Waals surface area contributed by atoms with Crippen LogP contribution >= 0.6 is 0 Å². The number of aliphatic hydroxyl groups excluding tert-OH is 1. The van der Waals surface area contributed by atoms with Crippen molar-refractivity contribution in [1.82, 2.24) is 9.80 Å². The molecule has 5 nitrogen and oxygen atoms in total. The molecule has 0 saturated carbocycles. The normalized spacial score (nSPS) is 16.8. The zero-order valence-electron chi connectivity index (χ0n) is 14.3. The fourth-order valence-electron chi connectivity index (χ4n) is 2.93. The average Bonchev–Trinajstić information content (AvgIpc) is 2.61. The zero-order valence-corrected chi connectivity index (χ0v) is 14.3. The second-order valence-corrected chi connectivity index (χ2v) is 6.20. The molecule has 0 unspecified atom stereocenters. The van der Waals surface area contributed by atoms with E-state index in [-0.39, 0.29) is 24.2 Å². The van der Waals surface area contributed by atoms with Gasteiger partial charge in [-0.1, -0.05) is 25.1 Å². The molecule has 1 aliphatic heterocycles. The maximum atomic E-state index is 13.8. The van der Waals surface area contributed by atoms with Crippen molar-refractivity contribution in [3.63, 3.8) is 0 Å². The van der Waals surface area contributed by atoms with Gasteiger partial charge in [0.25, 0.3) is 0 Å². The van der Waals surface area contributed by atoms with Crippen molar-refractivity contribution < 1.29 is 19.0 Å². The minimum atomic E-state index is -0.321. The highest BCUT2D eigenvalue weighted by Crippen LogP contribution is 2.15. The molecule has 0 aliphatic carbocycles. The second kappa shape index (κ2) is 9.71. The van der Waals surface area contributed by atoms with Crippen LogP contribution in [0.2, 0.25) is 0 Å². The van der Waals surface area contributed by atoms with Crippen molar-refractivity contribution in [2.24, 2.45) is 5.92 Å². The van der Waals surface area contributed by atoms with Crippen LogP contribution in [0, 0.1) is 11.7 Å². The van der Waals surface area contributed by atoms with Crippen LogP contribution < -0.4 is 0 Å². The summed E-state index contributed by atoms with van der Waals surface area (Å²) in [6.45, 7) is 6.57. The summed E-state index contributed by atoms with van der Waals surface area (Å²) in [5.74, 6) is -0.641. The van der Waals surface area contributed by atoms with E-state index in [0.29, 0.717) is 25.1 Å². The Balaban J connectivity index is 1.90. The molecule has 24 heavy (non-hydrogen) atoms. The van der Waals surface area contributed by atoms with Crippen LogP contribution in [0.4, 0.5) is 4.39 Å². The van der Waals surface area contributed by atoms with Crippen molar-refractivity contribution in [2.75, 3.05) is 52.5 Å². The molecule has 0 bridgehead atoms. The third-order valence-corrected chi connectivity index (χ3v) is 4.38. The molecule has 1 N–H and O–H groups in total. The first kappa shape index (κ1) is 18.8. The van der Waals surface area contributed by atoms with E-state index < -0.39 is 0 Å². The summed E-state index contributed by atoms with van der Waals surface area (Å²) < 4.78 is 19.1. The maximum Gasteiger partial charge on any atom is 0.225 e. The molecule has 1 fully saturated rings. The Bertz CT molecular complexity index is 521. The van der Waals surface area contributed by atoms with Gasteiger partial charge in [0.1, 0.15) is 5.82 Å². The summed E-state index contributed by atoms with van der Waals surface area (Å²) in [6, 6.07) is 6.55. The summed E-state index contributed by atoms with van der Waals surface area (Å²) in [5.41, 5.74) is 0.551. The number of ether oxygens (including phenoxy) is 1. The van der Waals surface area contributed by atoms with Crippen molar-refractivity contribution in [3.8, 4) is 0 Å². The summed E-state index contributed by atoms with van der Waals surface area (Å²) >= 11 is 0. The van der Waals surface area contributed by atoms with Crippen LogP contribution in [-0.2, 0) is 16.0 Å². The first-order valence-corrected chi connectivity index (χ1v) is 8.55. The van der Waals surface area contributed by atoms with Gasteiger partial charge >= 0.3 is 0 Å². The Labute approximate surface area is 143 Å². The lowest BCUT2D eigenvalue weighted by Gasteiger charge is -2.31. The van der Waals surface area contributed by atoms with Gasteiger partial charge in [0.2, 0.25) is 5.91 Å². The number of benzene rings is 1. The first-order valence-electron chi connectivity index (χ1n) is 8.55. The van der Waals surface area contributed by atoms with Gasteiger partial charge in [-0.15, -0.1) is 0 Å². The van der Waals surface area contributed by atoms with E-state index in [1.165, 1.54) is 6.07 Å². The smallest absolute Gasteiger partial charge is 0.225 e. The van der Waals surface area contributed by atoms with Crippen molar-refractivity contribution in [3.05, 3.63) is 35.6 Å². The second-order valence-electron chi connectivity index (χ2n) is 6.20. The van der Waals surface area contributed by atoms with Crippen LogP contribution in [0.15, 0.2) is 24.3 Å². The average molecular weight is 338 g/mol. The van der Waals surface area contributed by atoms with Crippen molar-refractivity contribution in [1.29, 1.82) is 0 Å². The van der Waals surface area contributed by atoms with Crippen molar-refractivity contribution >= 4 is 5.91 Å². The van der Waals surface area contributed by atoms with Crippen LogP contribution in [0.1, 0.15) is 12.5 Å². The van der Waals surface area contributed by atoms with Gasteiger partial charge in [0, 0.05) is 38.6 Å². The lowest BCUT2D eigenvalue weighted by Crippen LogP contribution is -2.45. The lowest BCUT2D eigenvalue weighted by molar-refractivity contribution is -0.135. The number of halogens is 1. The Morgan fingerprint density at radius 2 is 2.04 bits per heavy atom. The van der Waals surface area contributed by atoms with Gasteiger partial charge in [-0.3, -0.25) is 9.69 Å². The topological polar surface area (TPSA) is 53.0 Å². The third-order valence-electron chi connectivity index (χ3n) is 4.38. The molecule has 1 aromatic carbocycles. The minimum Gasteiger partial charge on any atom is -0.395 e. The minimum absolute atomic E-state index is 0.0411. The molecular weight excluding hydrogens is 311 g/mol. The van der Waals surface area contributed by atoms with E-state index in [4.69, 9.17) is 4.74 Å². The molecule has 1 amide bonds. The van der Waals surface area contributed by atoms with Gasteiger partial charge in [-0.05, 0) is 18.1 Å². The third kappa shape index (κ3) is 5.54. The van der Waals surface area contributed by atoms with E-state index in [1.807, 2.05) is 6.92 Å². The number of aliphatic hydroxyl groups is 1. The number of hydrogen-bond donors (Lipinski definition) is 1. The van der Waals surface area contributed by atoms with Crippen LogP contribution in [-0.4, -0.2) is 73.4 Å². The van der Waals surface area contributed by atoms with E-state index in [0.717, 1.165) is 32.8 Å². The molecule has 0 radical (unpaired) electrons. The molecule has 134 valence electrons. The molecule has 1 heterocycles. The molecule has 6 heteroatoms. The molecule has 1 aromatic rings. The van der Waals surface area contributed by atoms with Crippen LogP contribution in [0.3, 0.4) is 0 Å². The SMILES string of the molecule is C[C@H](Cc1ccccc1F)C(=O)N(CCO)CCN1CCOCC1. The van der Waals surface area contributed by atoms with E-state index in [9.17, 15) is 14.3 Å². The summed E-state index contributed by atoms with van der Waals surface area (Å²) in [5, 5.41) is 9.25. The van der Waals surface area contributed by atoms with Crippen LogP contribution in [0.25, 0.3) is 0 Å². The molecule has 1 atom stereocenters. The highest BCUT2D eigenvalue weighted by molar-refractivity contribution is 5.78. The van der Waals surface area contributed by atoms with Gasteiger partial charge in [0.05, 0.1) is 19.8 Å². The first-order chi connectivity index (χ1) is 11.6.